The van der Waals surface area contributed by atoms with Gasteiger partial charge in [-0.3, -0.25) is 0 Å². The first kappa shape index (κ1) is 15.5. The summed E-state index contributed by atoms with van der Waals surface area (Å²) in [6.07, 6.45) is 2.52. The first-order valence-corrected chi connectivity index (χ1v) is 6.81. The van der Waals surface area contributed by atoms with Crippen LogP contribution in [0.3, 0.4) is 0 Å². The molecule has 0 spiro atoms. The molecule has 1 N–H and O–H groups in total. The van der Waals surface area contributed by atoms with Gasteiger partial charge in [0.15, 0.2) is 11.6 Å². The number of hydrogen-bond donors (Lipinski definition) is 1. The monoisotopic (exact) mass is 328 g/mol. The molecule has 0 radical (unpaired) electrons. The highest BCUT2D eigenvalue weighted by Crippen LogP contribution is 2.21. The van der Waals surface area contributed by atoms with Gasteiger partial charge < -0.3 is 9.84 Å². The molecular weight excluding hydrogens is 318 g/mol. The average Bonchev–Trinajstić information content (AvgIpc) is 2.56. The van der Waals surface area contributed by atoms with Crippen LogP contribution in [0.5, 0.6) is 11.5 Å². The lowest BCUT2D eigenvalue weighted by Crippen LogP contribution is -2.10. The first-order chi connectivity index (χ1) is 11.5. The smallest absolute Gasteiger partial charge is 0.346 e. The second kappa shape index (κ2) is 6.41. The van der Waals surface area contributed by atoms with Crippen LogP contribution in [0.1, 0.15) is 10.4 Å². The Morgan fingerprint density at radius 3 is 2.29 bits per heavy atom. The molecule has 1 aromatic heterocycles. The number of esters is 1. The summed E-state index contributed by atoms with van der Waals surface area (Å²) in [5.74, 6) is -2.18. The maximum Gasteiger partial charge on any atom is 0.346 e. The summed E-state index contributed by atoms with van der Waals surface area (Å²) < 4.78 is 31.4. The van der Waals surface area contributed by atoms with Crippen LogP contribution in [0.4, 0.5) is 8.78 Å². The highest BCUT2D eigenvalue weighted by atomic mass is 19.1. The first-order valence-electron chi connectivity index (χ1n) is 6.81. The lowest BCUT2D eigenvalue weighted by atomic mass is 10.2. The van der Waals surface area contributed by atoms with Crippen molar-refractivity contribution in [3.05, 3.63) is 72.1 Å². The number of halogens is 2. The third-order valence-corrected chi connectivity index (χ3v) is 3.11. The van der Waals surface area contributed by atoms with Crippen molar-refractivity contribution in [2.75, 3.05) is 0 Å². The second-order valence-electron chi connectivity index (χ2n) is 4.80. The van der Waals surface area contributed by atoms with Crippen LogP contribution in [0.15, 0.2) is 54.9 Å². The van der Waals surface area contributed by atoms with E-state index in [0.29, 0.717) is 17.5 Å². The van der Waals surface area contributed by atoms with Crippen molar-refractivity contribution in [3.8, 4) is 22.9 Å². The van der Waals surface area contributed by atoms with Gasteiger partial charge in [0.1, 0.15) is 17.4 Å². The Hall–Kier alpha value is -3.35. The Kier molecular flexibility index (Phi) is 4.15. The Balaban J connectivity index is 1.76. The standard InChI is InChI=1S/C17H10F2N2O3/c18-11-3-6-14(15(19)7-11)17(23)24-13-4-1-10(2-5-13)16-20-8-12(22)9-21-16/h1-9,22H. The fraction of sp³-hybridized carbons (Fsp3) is 0. The zero-order valence-corrected chi connectivity index (χ0v) is 12.1. The minimum Gasteiger partial charge on any atom is -0.505 e. The molecule has 3 aromatic rings. The molecule has 0 bridgehead atoms. The average molecular weight is 328 g/mol. The number of hydrogen-bond acceptors (Lipinski definition) is 5. The predicted octanol–water partition coefficient (Wildman–Crippen LogP) is 3.35. The van der Waals surface area contributed by atoms with Gasteiger partial charge in [0.2, 0.25) is 0 Å². The second-order valence-corrected chi connectivity index (χ2v) is 4.80. The van der Waals surface area contributed by atoms with Gasteiger partial charge in [-0.15, -0.1) is 0 Å². The van der Waals surface area contributed by atoms with E-state index in [0.717, 1.165) is 12.1 Å². The number of aromatic hydroxyl groups is 1. The van der Waals surface area contributed by atoms with Crippen LogP contribution in [0.2, 0.25) is 0 Å². The predicted molar refractivity (Wildman–Crippen MR) is 80.4 cm³/mol. The zero-order chi connectivity index (χ0) is 17.1. The third-order valence-electron chi connectivity index (χ3n) is 3.11. The number of carbonyl (C=O) groups excluding carboxylic acids is 1. The highest BCUT2D eigenvalue weighted by molar-refractivity contribution is 5.91. The molecule has 2 aromatic carbocycles. The molecule has 0 aliphatic heterocycles. The summed E-state index contributed by atoms with van der Waals surface area (Å²) >= 11 is 0. The van der Waals surface area contributed by atoms with E-state index in [1.807, 2.05) is 0 Å². The minimum absolute atomic E-state index is 0.0503. The van der Waals surface area contributed by atoms with E-state index in [9.17, 15) is 13.6 Å². The van der Waals surface area contributed by atoms with Crippen LogP contribution in [-0.4, -0.2) is 21.0 Å². The molecule has 0 saturated heterocycles. The molecule has 5 nitrogen and oxygen atoms in total. The van der Waals surface area contributed by atoms with Gasteiger partial charge in [-0.25, -0.2) is 23.5 Å². The summed E-state index contributed by atoms with van der Waals surface area (Å²) in [6, 6.07) is 8.81. The summed E-state index contributed by atoms with van der Waals surface area (Å²) in [5.41, 5.74) is 0.283. The third kappa shape index (κ3) is 3.35. The molecule has 0 fully saturated rings. The van der Waals surface area contributed by atoms with Gasteiger partial charge in [0.25, 0.3) is 0 Å². The van der Waals surface area contributed by atoms with Crippen molar-refractivity contribution in [2.24, 2.45) is 0 Å². The van der Waals surface area contributed by atoms with Crippen molar-refractivity contribution in [3.63, 3.8) is 0 Å². The zero-order valence-electron chi connectivity index (χ0n) is 12.1. The van der Waals surface area contributed by atoms with Crippen molar-refractivity contribution < 1.29 is 23.4 Å². The molecule has 0 atom stereocenters. The number of ether oxygens (including phenoxy) is 1. The van der Waals surface area contributed by atoms with Crippen LogP contribution in [-0.2, 0) is 0 Å². The topological polar surface area (TPSA) is 72.3 Å². The van der Waals surface area contributed by atoms with Gasteiger partial charge in [-0.05, 0) is 36.4 Å². The lowest BCUT2D eigenvalue weighted by molar-refractivity contribution is 0.0730. The van der Waals surface area contributed by atoms with Crippen molar-refractivity contribution in [1.29, 1.82) is 0 Å². The number of carbonyl (C=O) groups is 1. The maximum absolute atomic E-state index is 13.5. The van der Waals surface area contributed by atoms with Gasteiger partial charge in [0, 0.05) is 11.6 Å². The van der Waals surface area contributed by atoms with E-state index in [1.165, 1.54) is 24.5 Å². The van der Waals surface area contributed by atoms with E-state index in [1.54, 1.807) is 12.1 Å². The Morgan fingerprint density at radius 1 is 1.00 bits per heavy atom. The molecule has 120 valence electrons. The van der Waals surface area contributed by atoms with Crippen LogP contribution >= 0.6 is 0 Å². The normalized spacial score (nSPS) is 10.4. The lowest BCUT2D eigenvalue weighted by Gasteiger charge is -2.06. The van der Waals surface area contributed by atoms with Crippen LogP contribution in [0.25, 0.3) is 11.4 Å². The number of rotatable bonds is 3. The summed E-state index contributed by atoms with van der Waals surface area (Å²) in [4.78, 5) is 19.8. The van der Waals surface area contributed by atoms with Gasteiger partial charge in [0.05, 0.1) is 18.0 Å². The fourth-order valence-corrected chi connectivity index (χ4v) is 1.96. The molecule has 7 heteroatoms. The Labute approximate surface area is 135 Å². The molecule has 0 aliphatic carbocycles. The van der Waals surface area contributed by atoms with Gasteiger partial charge in [-0.1, -0.05) is 0 Å². The van der Waals surface area contributed by atoms with Crippen molar-refractivity contribution in [2.45, 2.75) is 0 Å². The van der Waals surface area contributed by atoms with E-state index < -0.39 is 17.6 Å². The Morgan fingerprint density at radius 2 is 1.67 bits per heavy atom. The molecule has 24 heavy (non-hydrogen) atoms. The molecule has 0 unspecified atom stereocenters. The summed E-state index contributed by atoms with van der Waals surface area (Å²) in [6.45, 7) is 0. The number of benzene rings is 2. The highest BCUT2D eigenvalue weighted by Gasteiger charge is 2.15. The van der Waals surface area contributed by atoms with Gasteiger partial charge >= 0.3 is 5.97 Å². The number of nitrogens with zero attached hydrogens (tertiary/aromatic N) is 2. The summed E-state index contributed by atoms with van der Waals surface area (Å²) in [7, 11) is 0. The van der Waals surface area contributed by atoms with Gasteiger partial charge in [-0.2, -0.15) is 0 Å². The Bertz CT molecular complexity index is 881. The minimum atomic E-state index is -0.992. The summed E-state index contributed by atoms with van der Waals surface area (Å²) in [5, 5.41) is 9.16. The van der Waals surface area contributed by atoms with Crippen LogP contribution in [0, 0.1) is 11.6 Å². The maximum atomic E-state index is 13.5. The number of aromatic nitrogens is 2. The van der Waals surface area contributed by atoms with Crippen molar-refractivity contribution >= 4 is 5.97 Å². The van der Waals surface area contributed by atoms with Crippen molar-refractivity contribution in [1.82, 2.24) is 9.97 Å². The molecular formula is C17H10F2N2O3. The van der Waals surface area contributed by atoms with E-state index >= 15 is 0 Å². The molecule has 0 saturated carbocycles. The SMILES string of the molecule is O=C(Oc1ccc(-c2ncc(O)cn2)cc1)c1ccc(F)cc1F. The molecule has 1 heterocycles. The van der Waals surface area contributed by atoms with Crippen LogP contribution < -0.4 is 4.74 Å². The van der Waals surface area contributed by atoms with E-state index in [-0.39, 0.29) is 17.1 Å². The van der Waals surface area contributed by atoms with E-state index in [2.05, 4.69) is 9.97 Å². The molecule has 0 amide bonds. The quantitative estimate of drug-likeness (QED) is 0.590. The van der Waals surface area contributed by atoms with E-state index in [4.69, 9.17) is 9.84 Å². The largest absolute Gasteiger partial charge is 0.505 e. The fourth-order valence-electron chi connectivity index (χ4n) is 1.96. The molecule has 3 rings (SSSR count). The molecule has 0 aliphatic rings.